The summed E-state index contributed by atoms with van der Waals surface area (Å²) in [6, 6.07) is 23.1. The average molecular weight is 734 g/mol. The van der Waals surface area contributed by atoms with Gasteiger partial charge >= 0.3 is 0 Å². The van der Waals surface area contributed by atoms with Gasteiger partial charge in [-0.05, 0) is 110 Å². The van der Waals surface area contributed by atoms with Crippen LogP contribution in [0, 0.1) is 29.5 Å². The van der Waals surface area contributed by atoms with Gasteiger partial charge in [0.05, 0.1) is 41.7 Å². The Morgan fingerprint density at radius 3 is 2.25 bits per heavy atom. The molecule has 2 N–H and O–H groups in total. The summed E-state index contributed by atoms with van der Waals surface area (Å²) in [4.78, 5) is 71.6. The van der Waals surface area contributed by atoms with Crippen LogP contribution in [0.1, 0.15) is 47.2 Å². The molecule has 0 bridgehead atoms. The van der Waals surface area contributed by atoms with Crippen LogP contribution in [0.15, 0.2) is 103 Å². The van der Waals surface area contributed by atoms with Gasteiger partial charge in [0.25, 0.3) is 11.8 Å². The number of halogens is 2. The number of benzene rings is 4. The number of nitrogens with zero attached hydrogens (tertiary/aromatic N) is 2. The number of fused-ring (bicyclic) bond motifs is 4. The maximum Gasteiger partial charge on any atom is 0.260 e. The van der Waals surface area contributed by atoms with Crippen molar-refractivity contribution in [2.75, 3.05) is 17.4 Å². The lowest BCUT2D eigenvalue weighted by Crippen LogP contribution is -2.53. The summed E-state index contributed by atoms with van der Waals surface area (Å²) in [5.74, 6) is -6.76. The van der Waals surface area contributed by atoms with Crippen molar-refractivity contribution in [2.45, 2.75) is 31.1 Å². The quantitative estimate of drug-likeness (QED) is 0.124. The molecule has 2 aliphatic carbocycles. The number of hydrogen-bond donors (Lipinski definition) is 2. The molecular weight excluding hydrogens is 701 g/mol. The van der Waals surface area contributed by atoms with Crippen molar-refractivity contribution in [3.8, 4) is 11.5 Å². The van der Waals surface area contributed by atoms with Crippen LogP contribution in [0.5, 0.6) is 11.5 Å². The highest BCUT2D eigenvalue weighted by molar-refractivity contribution is 6.30. The summed E-state index contributed by atoms with van der Waals surface area (Å²) >= 11 is 6.35. The van der Waals surface area contributed by atoms with Crippen LogP contribution < -0.4 is 15.1 Å². The van der Waals surface area contributed by atoms with E-state index in [1.165, 1.54) is 44.4 Å². The molecular formula is C41H33ClFN3O7. The Morgan fingerprint density at radius 2 is 1.60 bits per heavy atom. The molecule has 2 aliphatic heterocycles. The fourth-order valence-electron chi connectivity index (χ4n) is 9.02. The fourth-order valence-corrected chi connectivity index (χ4v) is 9.14. The normalized spacial score (nSPS) is 26.2. The number of carbonyl (C=O) groups is 5. The van der Waals surface area contributed by atoms with Crippen LogP contribution in [0.2, 0.25) is 5.02 Å². The molecule has 0 aromatic heterocycles. The lowest BCUT2D eigenvalue weighted by molar-refractivity contribution is -0.138. The molecule has 268 valence electrons. The fraction of sp³-hybridized carbons (Fsp3) is 0.244. The Labute approximate surface area is 308 Å². The van der Waals surface area contributed by atoms with E-state index in [1.54, 1.807) is 60.7 Å². The Bertz CT molecular complexity index is 2240. The summed E-state index contributed by atoms with van der Waals surface area (Å²) in [7, 11) is 1.42. The number of carbonyl (C=O) groups excluding carboxylic acids is 5. The summed E-state index contributed by atoms with van der Waals surface area (Å²) in [6.45, 7) is 1.43. The highest BCUT2D eigenvalue weighted by Gasteiger charge is 2.70. The lowest BCUT2D eigenvalue weighted by Gasteiger charge is -2.50. The van der Waals surface area contributed by atoms with E-state index in [1.807, 2.05) is 6.08 Å². The summed E-state index contributed by atoms with van der Waals surface area (Å²) in [5, 5.41) is 12.5. The van der Waals surface area contributed by atoms with Gasteiger partial charge in [-0.25, -0.2) is 4.39 Å². The molecule has 3 fully saturated rings. The van der Waals surface area contributed by atoms with E-state index in [4.69, 9.17) is 16.3 Å². The monoisotopic (exact) mass is 733 g/mol. The van der Waals surface area contributed by atoms with Crippen molar-refractivity contribution in [1.29, 1.82) is 0 Å². The van der Waals surface area contributed by atoms with Gasteiger partial charge in [-0.3, -0.25) is 34.3 Å². The first kappa shape index (κ1) is 34.3. The van der Waals surface area contributed by atoms with Gasteiger partial charge in [0.2, 0.25) is 11.8 Å². The topological polar surface area (TPSA) is 133 Å². The van der Waals surface area contributed by atoms with E-state index in [-0.39, 0.29) is 36.0 Å². The number of Topliss-reactive ketones (excluding diaryl/α,β-unsaturated/α-hetero) is 1. The maximum absolute atomic E-state index is 15.2. The zero-order valence-electron chi connectivity index (χ0n) is 28.6. The first-order valence-electron chi connectivity index (χ1n) is 17.2. The molecule has 10 nitrogen and oxygen atoms in total. The molecule has 2 heterocycles. The van der Waals surface area contributed by atoms with Crippen molar-refractivity contribution in [1.82, 2.24) is 5.01 Å². The third kappa shape index (κ3) is 5.16. The summed E-state index contributed by atoms with van der Waals surface area (Å²) in [6.07, 6.45) is 2.16. The molecule has 53 heavy (non-hydrogen) atoms. The van der Waals surface area contributed by atoms with Crippen molar-refractivity contribution in [2.24, 2.45) is 23.7 Å². The molecule has 0 radical (unpaired) electrons. The second-order valence-electron chi connectivity index (χ2n) is 13.9. The molecule has 2 saturated heterocycles. The minimum Gasteiger partial charge on any atom is -0.504 e. The second-order valence-corrected chi connectivity index (χ2v) is 14.4. The number of hydrazine groups is 1. The lowest BCUT2D eigenvalue weighted by atomic mass is 9.49. The van der Waals surface area contributed by atoms with Gasteiger partial charge in [-0.1, -0.05) is 41.4 Å². The molecule has 4 amide bonds. The molecule has 4 aromatic rings. The Kier molecular flexibility index (Phi) is 8.21. The molecule has 12 heteroatoms. The minimum absolute atomic E-state index is 0.0522. The standard InChI is InChI=1S/C41H33ClFN3O7/c1-21(47)22-3-14-28(15-4-22)45-37(49)30-17-16-29-31(35(30)39(45)51)20-32-38(50)46(44-27-12-10-26(43)11-13-27)40(52)41(32,24-6-8-25(42)9-7-24)36(29)23-5-18-34(53-2)33(48)19-23/h3-16,18-19,30-32,35-36,44,48H,17,20H2,1-2H3. The molecule has 6 atom stereocenters. The van der Waals surface area contributed by atoms with Crippen molar-refractivity contribution in [3.63, 3.8) is 0 Å². The Morgan fingerprint density at radius 1 is 0.906 bits per heavy atom. The van der Waals surface area contributed by atoms with Crippen LogP contribution >= 0.6 is 11.6 Å². The zero-order valence-corrected chi connectivity index (χ0v) is 29.3. The summed E-state index contributed by atoms with van der Waals surface area (Å²) < 4.78 is 19.2. The van der Waals surface area contributed by atoms with E-state index >= 15 is 4.79 Å². The predicted octanol–water partition coefficient (Wildman–Crippen LogP) is 6.59. The number of phenols is 1. The van der Waals surface area contributed by atoms with E-state index in [0.29, 0.717) is 38.7 Å². The Hall–Kier alpha value is -5.81. The van der Waals surface area contributed by atoms with Crippen LogP contribution in [-0.4, -0.2) is 46.6 Å². The third-order valence-corrected chi connectivity index (χ3v) is 11.6. The maximum atomic E-state index is 15.2. The van der Waals surface area contributed by atoms with Crippen LogP contribution in [0.4, 0.5) is 15.8 Å². The van der Waals surface area contributed by atoms with Crippen molar-refractivity contribution in [3.05, 3.63) is 130 Å². The van der Waals surface area contributed by atoms with Crippen LogP contribution in [0.3, 0.4) is 0 Å². The average Bonchev–Trinajstić information content (AvgIpc) is 3.53. The first-order valence-corrected chi connectivity index (χ1v) is 17.6. The number of methoxy groups -OCH3 is 1. The number of hydrogen-bond acceptors (Lipinski definition) is 8. The first-order chi connectivity index (χ1) is 25.4. The van der Waals surface area contributed by atoms with E-state index in [2.05, 4.69) is 5.43 Å². The molecule has 8 rings (SSSR count). The zero-order chi connectivity index (χ0) is 37.3. The van der Waals surface area contributed by atoms with E-state index < -0.39 is 58.5 Å². The summed E-state index contributed by atoms with van der Waals surface area (Å²) in [5.41, 5.74) is 4.09. The van der Waals surface area contributed by atoms with Gasteiger partial charge in [0.15, 0.2) is 17.3 Å². The largest absolute Gasteiger partial charge is 0.504 e. The number of amides is 4. The van der Waals surface area contributed by atoms with E-state index in [0.717, 1.165) is 9.91 Å². The number of imide groups is 2. The second kappa shape index (κ2) is 12.7. The highest BCUT2D eigenvalue weighted by Crippen LogP contribution is 2.64. The van der Waals surface area contributed by atoms with Gasteiger partial charge in [0.1, 0.15) is 5.82 Å². The van der Waals surface area contributed by atoms with Gasteiger partial charge in [-0.15, -0.1) is 0 Å². The molecule has 0 spiro atoms. The van der Waals surface area contributed by atoms with Crippen LogP contribution in [-0.2, 0) is 24.6 Å². The molecule has 1 saturated carbocycles. The predicted molar refractivity (Wildman–Crippen MR) is 193 cm³/mol. The van der Waals surface area contributed by atoms with Gasteiger partial charge < -0.3 is 9.84 Å². The number of rotatable bonds is 7. The molecule has 4 aromatic carbocycles. The van der Waals surface area contributed by atoms with Gasteiger partial charge in [0, 0.05) is 16.5 Å². The number of anilines is 2. The number of ketones is 1. The van der Waals surface area contributed by atoms with Crippen molar-refractivity contribution >= 4 is 52.4 Å². The number of nitrogens with one attached hydrogen (secondary N) is 1. The third-order valence-electron chi connectivity index (χ3n) is 11.3. The van der Waals surface area contributed by atoms with E-state index in [9.17, 15) is 28.7 Å². The highest BCUT2D eigenvalue weighted by atomic mass is 35.5. The number of ether oxygens (including phenoxy) is 1. The number of allylic oxidation sites excluding steroid dienone is 2. The smallest absolute Gasteiger partial charge is 0.260 e. The van der Waals surface area contributed by atoms with Gasteiger partial charge in [-0.2, -0.15) is 5.01 Å². The van der Waals surface area contributed by atoms with Crippen LogP contribution in [0.25, 0.3) is 0 Å². The SMILES string of the molecule is COc1ccc(C2C3=CCC4C(=O)N(c5ccc(C(C)=O)cc5)C(=O)C4C3CC3C(=O)N(Nc4ccc(F)cc4)C(=O)C32c2ccc(Cl)cc2)cc1O. The number of aromatic hydroxyl groups is 1. The minimum atomic E-state index is -1.60. The molecule has 6 unspecified atom stereocenters. The molecule has 4 aliphatic rings. The number of phenolic OH excluding ortho intramolecular Hbond substituents is 1. The van der Waals surface area contributed by atoms with Crippen molar-refractivity contribution < 1.29 is 38.2 Å². The Balaban J connectivity index is 1.31.